The van der Waals surface area contributed by atoms with Gasteiger partial charge in [-0.3, -0.25) is 9.36 Å². The number of carbonyl (C=O) groups is 1. The molecule has 128 valence electrons. The number of imidazole rings is 1. The van der Waals surface area contributed by atoms with Gasteiger partial charge >= 0.3 is 0 Å². The van der Waals surface area contributed by atoms with Crippen LogP contribution in [0, 0.1) is 6.92 Å². The summed E-state index contributed by atoms with van der Waals surface area (Å²) in [5.41, 5.74) is 4.74. The van der Waals surface area contributed by atoms with Gasteiger partial charge in [-0.15, -0.1) is 0 Å². The van der Waals surface area contributed by atoms with Crippen LogP contribution >= 0.6 is 0 Å². The standard InChI is InChI=1S/C21H18N4O/c1-15-6-2-3-7-16(15)12-21(26)24-17-10-11-20(22-13-17)25-14-23-18-8-4-5-9-19(18)25/h2-11,13-14H,12H2,1H3,(H,24,26). The van der Waals surface area contributed by atoms with E-state index in [9.17, 15) is 4.79 Å². The first-order valence-corrected chi connectivity index (χ1v) is 8.43. The Morgan fingerprint density at radius 3 is 2.62 bits per heavy atom. The lowest BCUT2D eigenvalue weighted by Gasteiger charge is -2.08. The molecule has 0 saturated carbocycles. The Labute approximate surface area is 151 Å². The van der Waals surface area contributed by atoms with Crippen LogP contribution < -0.4 is 5.32 Å². The molecule has 0 bridgehead atoms. The van der Waals surface area contributed by atoms with E-state index in [1.54, 1.807) is 12.5 Å². The largest absolute Gasteiger partial charge is 0.324 e. The summed E-state index contributed by atoms with van der Waals surface area (Å²) < 4.78 is 1.92. The minimum atomic E-state index is -0.0538. The van der Waals surface area contributed by atoms with E-state index < -0.39 is 0 Å². The van der Waals surface area contributed by atoms with Crippen LogP contribution in [0.1, 0.15) is 11.1 Å². The predicted octanol–water partition coefficient (Wildman–Crippen LogP) is 3.91. The highest BCUT2D eigenvalue weighted by molar-refractivity contribution is 5.92. The first-order chi connectivity index (χ1) is 12.7. The van der Waals surface area contributed by atoms with Crippen molar-refractivity contribution in [3.8, 4) is 5.82 Å². The summed E-state index contributed by atoms with van der Waals surface area (Å²) in [6, 6.07) is 19.5. The monoisotopic (exact) mass is 342 g/mol. The number of amides is 1. The van der Waals surface area contributed by atoms with Crippen LogP contribution in [0.15, 0.2) is 73.2 Å². The maximum absolute atomic E-state index is 12.3. The molecule has 5 heteroatoms. The van der Waals surface area contributed by atoms with E-state index in [4.69, 9.17) is 0 Å². The molecule has 0 spiro atoms. The number of aromatic nitrogens is 3. The van der Waals surface area contributed by atoms with Crippen molar-refractivity contribution in [1.82, 2.24) is 14.5 Å². The molecule has 0 saturated heterocycles. The molecular weight excluding hydrogens is 324 g/mol. The lowest BCUT2D eigenvalue weighted by atomic mass is 10.1. The van der Waals surface area contributed by atoms with E-state index in [-0.39, 0.29) is 5.91 Å². The summed E-state index contributed by atoms with van der Waals surface area (Å²) in [4.78, 5) is 21.1. The number of nitrogens with zero attached hydrogens (tertiary/aromatic N) is 3. The second-order valence-electron chi connectivity index (χ2n) is 6.16. The Hall–Kier alpha value is -3.47. The molecule has 1 amide bonds. The summed E-state index contributed by atoms with van der Waals surface area (Å²) in [5.74, 6) is 0.706. The number of fused-ring (bicyclic) bond motifs is 1. The average Bonchev–Trinajstić information content (AvgIpc) is 3.08. The molecule has 2 heterocycles. The first kappa shape index (κ1) is 16.0. The van der Waals surface area contributed by atoms with E-state index >= 15 is 0 Å². The smallest absolute Gasteiger partial charge is 0.228 e. The SMILES string of the molecule is Cc1ccccc1CC(=O)Nc1ccc(-n2cnc3ccccc32)nc1. The minimum absolute atomic E-state index is 0.0538. The van der Waals surface area contributed by atoms with Crippen LogP contribution in [0.25, 0.3) is 16.9 Å². The van der Waals surface area contributed by atoms with E-state index in [1.807, 2.05) is 72.2 Å². The Morgan fingerprint density at radius 1 is 1.00 bits per heavy atom. The molecule has 4 rings (SSSR count). The number of nitrogens with one attached hydrogen (secondary N) is 1. The van der Waals surface area contributed by atoms with Crippen molar-refractivity contribution in [3.63, 3.8) is 0 Å². The third-order valence-corrected chi connectivity index (χ3v) is 4.34. The maximum atomic E-state index is 12.3. The molecule has 0 aliphatic heterocycles. The number of hydrogen-bond acceptors (Lipinski definition) is 3. The number of anilines is 1. The third kappa shape index (κ3) is 3.19. The van der Waals surface area contributed by atoms with Gasteiger partial charge in [-0.1, -0.05) is 36.4 Å². The summed E-state index contributed by atoms with van der Waals surface area (Å²) in [7, 11) is 0. The minimum Gasteiger partial charge on any atom is -0.324 e. The molecule has 0 unspecified atom stereocenters. The molecule has 2 aromatic carbocycles. The van der Waals surface area contributed by atoms with Gasteiger partial charge < -0.3 is 5.32 Å². The zero-order chi connectivity index (χ0) is 17.9. The number of aryl methyl sites for hydroxylation is 1. The van der Waals surface area contributed by atoms with Crippen molar-refractivity contribution in [2.75, 3.05) is 5.32 Å². The highest BCUT2D eigenvalue weighted by atomic mass is 16.1. The number of hydrogen-bond donors (Lipinski definition) is 1. The van der Waals surface area contributed by atoms with Crippen molar-refractivity contribution in [2.45, 2.75) is 13.3 Å². The molecule has 0 aliphatic rings. The van der Waals surface area contributed by atoms with Crippen molar-refractivity contribution in [3.05, 3.63) is 84.3 Å². The summed E-state index contributed by atoms with van der Waals surface area (Å²) >= 11 is 0. The lowest BCUT2D eigenvalue weighted by Crippen LogP contribution is -2.15. The van der Waals surface area contributed by atoms with Gasteiger partial charge in [-0.05, 0) is 42.3 Å². The van der Waals surface area contributed by atoms with E-state index in [1.165, 1.54) is 0 Å². The Bertz CT molecular complexity index is 1070. The molecule has 0 fully saturated rings. The van der Waals surface area contributed by atoms with Gasteiger partial charge in [-0.25, -0.2) is 9.97 Å². The molecule has 1 N–H and O–H groups in total. The van der Waals surface area contributed by atoms with Crippen LogP contribution in [-0.4, -0.2) is 20.4 Å². The van der Waals surface area contributed by atoms with Crippen LogP contribution in [0.2, 0.25) is 0 Å². The van der Waals surface area contributed by atoms with Gasteiger partial charge in [0.05, 0.1) is 29.3 Å². The number of carbonyl (C=O) groups excluding carboxylic acids is 1. The number of pyridine rings is 1. The van der Waals surface area contributed by atoms with Crippen molar-refractivity contribution < 1.29 is 4.79 Å². The topological polar surface area (TPSA) is 59.8 Å². The average molecular weight is 342 g/mol. The third-order valence-electron chi connectivity index (χ3n) is 4.34. The highest BCUT2D eigenvalue weighted by Gasteiger charge is 2.08. The Kier molecular flexibility index (Phi) is 4.19. The zero-order valence-corrected chi connectivity index (χ0v) is 14.4. The number of rotatable bonds is 4. The second-order valence-corrected chi connectivity index (χ2v) is 6.16. The van der Waals surface area contributed by atoms with Crippen LogP contribution in [-0.2, 0) is 11.2 Å². The summed E-state index contributed by atoms with van der Waals surface area (Å²) in [5, 5.41) is 2.90. The second kappa shape index (κ2) is 6.80. The predicted molar refractivity (Wildman–Crippen MR) is 102 cm³/mol. The fraction of sp³-hybridized carbons (Fsp3) is 0.0952. The van der Waals surface area contributed by atoms with Gasteiger partial charge in [-0.2, -0.15) is 0 Å². The van der Waals surface area contributed by atoms with Crippen LogP contribution in [0.5, 0.6) is 0 Å². The quantitative estimate of drug-likeness (QED) is 0.612. The molecule has 4 aromatic rings. The Morgan fingerprint density at radius 2 is 1.81 bits per heavy atom. The van der Waals surface area contributed by atoms with Gasteiger partial charge in [0.15, 0.2) is 0 Å². The number of benzene rings is 2. The van der Waals surface area contributed by atoms with Gasteiger partial charge in [0, 0.05) is 0 Å². The van der Waals surface area contributed by atoms with Crippen molar-refractivity contribution in [1.29, 1.82) is 0 Å². The van der Waals surface area contributed by atoms with E-state index in [0.29, 0.717) is 12.1 Å². The molecule has 0 aliphatic carbocycles. The molecule has 2 aromatic heterocycles. The van der Waals surface area contributed by atoms with Crippen molar-refractivity contribution >= 4 is 22.6 Å². The fourth-order valence-corrected chi connectivity index (χ4v) is 2.93. The van der Waals surface area contributed by atoms with Gasteiger partial charge in [0.25, 0.3) is 0 Å². The summed E-state index contributed by atoms with van der Waals surface area (Å²) in [6.45, 7) is 2.01. The molecule has 5 nitrogen and oxygen atoms in total. The van der Waals surface area contributed by atoms with Crippen LogP contribution in [0.3, 0.4) is 0 Å². The fourth-order valence-electron chi connectivity index (χ4n) is 2.93. The molecule has 0 radical (unpaired) electrons. The highest BCUT2D eigenvalue weighted by Crippen LogP contribution is 2.18. The van der Waals surface area contributed by atoms with Gasteiger partial charge in [0.2, 0.25) is 5.91 Å². The normalized spacial score (nSPS) is 10.8. The molecule has 0 atom stereocenters. The molecule has 26 heavy (non-hydrogen) atoms. The van der Waals surface area contributed by atoms with Gasteiger partial charge in [0.1, 0.15) is 12.1 Å². The summed E-state index contributed by atoms with van der Waals surface area (Å²) in [6.07, 6.45) is 3.77. The van der Waals surface area contributed by atoms with Crippen molar-refractivity contribution in [2.24, 2.45) is 0 Å². The molecular formula is C21H18N4O. The van der Waals surface area contributed by atoms with Crippen LogP contribution in [0.4, 0.5) is 5.69 Å². The maximum Gasteiger partial charge on any atom is 0.228 e. The van der Waals surface area contributed by atoms with E-state index in [2.05, 4.69) is 15.3 Å². The Balaban J connectivity index is 1.49. The lowest BCUT2D eigenvalue weighted by molar-refractivity contribution is -0.115. The zero-order valence-electron chi connectivity index (χ0n) is 14.4. The first-order valence-electron chi connectivity index (χ1n) is 8.43. The number of para-hydroxylation sites is 2. The van der Waals surface area contributed by atoms with E-state index in [0.717, 1.165) is 28.0 Å².